The van der Waals surface area contributed by atoms with Gasteiger partial charge in [-0.25, -0.2) is 5.43 Å². The van der Waals surface area contributed by atoms with Crippen LogP contribution in [0.4, 0.5) is 0 Å². The van der Waals surface area contributed by atoms with E-state index in [1.54, 1.807) is 0 Å². The standard InChI is InChI=1S/C7H9N3/c1-2-4-8-7-5-9-10-6(7)3-1/h1-4,7,9-10H,5H2. The normalized spacial score (nSPS) is 28.8. The van der Waals surface area contributed by atoms with Crippen LogP contribution in [0.3, 0.4) is 0 Å². The first-order chi connectivity index (χ1) is 4.97. The SMILES string of the molecule is C1=CC=C2NNCC2N=C1. The van der Waals surface area contributed by atoms with Gasteiger partial charge in [-0.15, -0.1) is 0 Å². The Morgan fingerprint density at radius 1 is 1.50 bits per heavy atom. The van der Waals surface area contributed by atoms with Crippen molar-refractivity contribution in [3.05, 3.63) is 23.9 Å². The van der Waals surface area contributed by atoms with Crippen molar-refractivity contribution >= 4 is 6.21 Å². The average Bonchev–Trinajstić information content (AvgIpc) is 2.28. The second kappa shape index (κ2) is 2.27. The molecule has 2 aliphatic rings. The van der Waals surface area contributed by atoms with Crippen LogP contribution in [0.1, 0.15) is 0 Å². The maximum atomic E-state index is 4.28. The minimum Gasteiger partial charge on any atom is -0.323 e. The number of rotatable bonds is 0. The Morgan fingerprint density at radius 3 is 3.50 bits per heavy atom. The molecule has 0 radical (unpaired) electrons. The Kier molecular flexibility index (Phi) is 1.29. The maximum Gasteiger partial charge on any atom is 0.105 e. The third kappa shape index (κ3) is 0.844. The van der Waals surface area contributed by atoms with Crippen molar-refractivity contribution in [1.82, 2.24) is 10.9 Å². The molecule has 0 aliphatic carbocycles. The van der Waals surface area contributed by atoms with Crippen molar-refractivity contribution in [1.29, 1.82) is 0 Å². The molecule has 3 nitrogen and oxygen atoms in total. The van der Waals surface area contributed by atoms with E-state index in [0.717, 1.165) is 12.2 Å². The Morgan fingerprint density at radius 2 is 2.50 bits per heavy atom. The van der Waals surface area contributed by atoms with Gasteiger partial charge in [0.15, 0.2) is 0 Å². The van der Waals surface area contributed by atoms with Crippen molar-refractivity contribution in [2.45, 2.75) is 6.04 Å². The van der Waals surface area contributed by atoms with Gasteiger partial charge in [0.2, 0.25) is 0 Å². The minimum absolute atomic E-state index is 0.301. The van der Waals surface area contributed by atoms with E-state index < -0.39 is 0 Å². The number of hydrogen-bond donors (Lipinski definition) is 2. The summed E-state index contributed by atoms with van der Waals surface area (Å²) in [6.07, 6.45) is 7.80. The van der Waals surface area contributed by atoms with Gasteiger partial charge in [-0.1, -0.05) is 6.08 Å². The lowest BCUT2D eigenvalue weighted by molar-refractivity contribution is 0.710. The van der Waals surface area contributed by atoms with E-state index in [0.29, 0.717) is 6.04 Å². The highest BCUT2D eigenvalue weighted by molar-refractivity contribution is 5.72. The molecule has 1 fully saturated rings. The van der Waals surface area contributed by atoms with Gasteiger partial charge < -0.3 is 5.43 Å². The lowest BCUT2D eigenvalue weighted by atomic mass is 10.2. The molecule has 3 heteroatoms. The predicted molar refractivity (Wildman–Crippen MR) is 40.6 cm³/mol. The quantitative estimate of drug-likeness (QED) is 0.490. The number of allylic oxidation sites excluding steroid dienone is 3. The van der Waals surface area contributed by atoms with Crippen molar-refractivity contribution in [3.8, 4) is 0 Å². The highest BCUT2D eigenvalue weighted by Gasteiger charge is 2.17. The van der Waals surface area contributed by atoms with E-state index in [-0.39, 0.29) is 0 Å². The zero-order valence-corrected chi connectivity index (χ0v) is 5.54. The number of hydrazine groups is 1. The van der Waals surface area contributed by atoms with Gasteiger partial charge in [-0.3, -0.25) is 4.99 Å². The molecule has 0 aromatic rings. The number of nitrogens with zero attached hydrogens (tertiary/aromatic N) is 1. The van der Waals surface area contributed by atoms with E-state index in [1.807, 2.05) is 24.4 Å². The molecule has 1 saturated heterocycles. The molecule has 1 unspecified atom stereocenters. The molecule has 10 heavy (non-hydrogen) atoms. The number of aliphatic imine (C=N–C) groups is 1. The molecule has 0 bridgehead atoms. The predicted octanol–water partition coefficient (Wildman–Crippen LogP) is -0.0127. The Labute approximate surface area is 59.5 Å². The highest BCUT2D eigenvalue weighted by Crippen LogP contribution is 2.08. The van der Waals surface area contributed by atoms with Gasteiger partial charge in [-0.2, -0.15) is 0 Å². The molecular formula is C7H9N3. The van der Waals surface area contributed by atoms with Crippen molar-refractivity contribution in [3.63, 3.8) is 0 Å². The molecule has 0 amide bonds. The van der Waals surface area contributed by atoms with Gasteiger partial charge in [0.25, 0.3) is 0 Å². The molecule has 2 aliphatic heterocycles. The minimum atomic E-state index is 0.301. The first-order valence-electron chi connectivity index (χ1n) is 3.36. The molecular weight excluding hydrogens is 126 g/mol. The molecule has 0 saturated carbocycles. The summed E-state index contributed by atoms with van der Waals surface area (Å²) < 4.78 is 0. The Balaban J connectivity index is 2.29. The molecule has 52 valence electrons. The molecule has 0 aromatic heterocycles. The van der Waals surface area contributed by atoms with Crippen LogP contribution in [-0.2, 0) is 0 Å². The van der Waals surface area contributed by atoms with Crippen LogP contribution in [0.25, 0.3) is 0 Å². The summed E-state index contributed by atoms with van der Waals surface area (Å²) >= 11 is 0. The third-order valence-electron chi connectivity index (χ3n) is 1.63. The van der Waals surface area contributed by atoms with Crippen LogP contribution in [-0.4, -0.2) is 18.8 Å². The number of hydrogen-bond acceptors (Lipinski definition) is 3. The molecule has 0 spiro atoms. The van der Waals surface area contributed by atoms with E-state index in [1.165, 1.54) is 0 Å². The zero-order valence-electron chi connectivity index (χ0n) is 5.54. The van der Waals surface area contributed by atoms with Gasteiger partial charge in [0, 0.05) is 12.8 Å². The second-order valence-electron chi connectivity index (χ2n) is 2.33. The van der Waals surface area contributed by atoms with E-state index >= 15 is 0 Å². The lowest BCUT2D eigenvalue weighted by Crippen LogP contribution is -2.20. The van der Waals surface area contributed by atoms with Gasteiger partial charge in [0.05, 0.1) is 5.70 Å². The summed E-state index contributed by atoms with van der Waals surface area (Å²) in [5, 5.41) is 0. The molecule has 2 N–H and O–H groups in total. The monoisotopic (exact) mass is 135 g/mol. The summed E-state index contributed by atoms with van der Waals surface area (Å²) in [4.78, 5) is 4.28. The average molecular weight is 135 g/mol. The Bertz CT molecular complexity index is 215. The van der Waals surface area contributed by atoms with Gasteiger partial charge in [-0.05, 0) is 12.2 Å². The zero-order chi connectivity index (χ0) is 6.81. The topological polar surface area (TPSA) is 36.4 Å². The fraction of sp³-hybridized carbons (Fsp3) is 0.286. The molecule has 2 rings (SSSR count). The fourth-order valence-corrected chi connectivity index (χ4v) is 1.09. The molecule has 1 atom stereocenters. The van der Waals surface area contributed by atoms with Crippen LogP contribution in [0.5, 0.6) is 0 Å². The second-order valence-corrected chi connectivity index (χ2v) is 2.33. The largest absolute Gasteiger partial charge is 0.323 e. The maximum absolute atomic E-state index is 4.28. The fourth-order valence-electron chi connectivity index (χ4n) is 1.09. The van der Waals surface area contributed by atoms with E-state index in [2.05, 4.69) is 15.8 Å². The summed E-state index contributed by atoms with van der Waals surface area (Å²) in [6, 6.07) is 0.301. The summed E-state index contributed by atoms with van der Waals surface area (Å²) in [6.45, 7) is 0.893. The van der Waals surface area contributed by atoms with Crippen molar-refractivity contribution < 1.29 is 0 Å². The van der Waals surface area contributed by atoms with Gasteiger partial charge >= 0.3 is 0 Å². The van der Waals surface area contributed by atoms with E-state index in [4.69, 9.17) is 0 Å². The van der Waals surface area contributed by atoms with Crippen LogP contribution in [0, 0.1) is 0 Å². The van der Waals surface area contributed by atoms with Crippen molar-refractivity contribution in [2.24, 2.45) is 4.99 Å². The van der Waals surface area contributed by atoms with Crippen LogP contribution >= 0.6 is 0 Å². The van der Waals surface area contributed by atoms with Crippen molar-refractivity contribution in [2.75, 3.05) is 6.54 Å². The number of nitrogens with one attached hydrogen (secondary N) is 2. The molecule has 0 aromatic carbocycles. The third-order valence-corrected chi connectivity index (χ3v) is 1.63. The summed E-state index contributed by atoms with van der Waals surface area (Å²) in [5.74, 6) is 0. The molecule has 2 heterocycles. The summed E-state index contributed by atoms with van der Waals surface area (Å²) in [5.41, 5.74) is 7.23. The highest BCUT2D eigenvalue weighted by atomic mass is 15.4. The summed E-state index contributed by atoms with van der Waals surface area (Å²) in [7, 11) is 0. The Hall–Kier alpha value is -1.09. The first-order valence-corrected chi connectivity index (χ1v) is 3.36. The van der Waals surface area contributed by atoms with Crippen LogP contribution < -0.4 is 10.9 Å². The number of fused-ring (bicyclic) bond motifs is 1. The van der Waals surface area contributed by atoms with E-state index in [9.17, 15) is 0 Å². The van der Waals surface area contributed by atoms with Crippen LogP contribution in [0.15, 0.2) is 28.9 Å². The smallest absolute Gasteiger partial charge is 0.105 e. The first kappa shape index (κ1) is 5.68. The van der Waals surface area contributed by atoms with Crippen LogP contribution in [0.2, 0.25) is 0 Å². The lowest BCUT2D eigenvalue weighted by Gasteiger charge is -1.99. The van der Waals surface area contributed by atoms with Gasteiger partial charge in [0.1, 0.15) is 6.04 Å².